The lowest BCUT2D eigenvalue weighted by Crippen LogP contribution is -2.51. The van der Waals surface area contributed by atoms with Crippen molar-refractivity contribution >= 4 is 11.9 Å². The van der Waals surface area contributed by atoms with Gasteiger partial charge in [-0.05, 0) is 19.3 Å². The van der Waals surface area contributed by atoms with Crippen LogP contribution in [0.1, 0.15) is 32.1 Å². The molecule has 6 nitrogen and oxygen atoms in total. The average molecular weight is 229 g/mol. The third-order valence-electron chi connectivity index (χ3n) is 2.63. The first-order valence-corrected chi connectivity index (χ1v) is 5.62. The summed E-state index contributed by atoms with van der Waals surface area (Å²) in [7, 11) is 0. The average Bonchev–Trinajstić information content (AvgIpc) is 2.27. The van der Waals surface area contributed by atoms with E-state index in [2.05, 4.69) is 5.43 Å². The highest BCUT2D eigenvalue weighted by atomic mass is 16.4. The number of carboxylic acids is 1. The number of carbonyl (C=O) groups is 2. The second kappa shape index (κ2) is 6.44. The van der Waals surface area contributed by atoms with E-state index in [0.717, 1.165) is 25.9 Å². The van der Waals surface area contributed by atoms with Crippen LogP contribution in [0.2, 0.25) is 0 Å². The van der Waals surface area contributed by atoms with E-state index < -0.39 is 12.0 Å². The summed E-state index contributed by atoms with van der Waals surface area (Å²) in [5.74, 6) is -1.22. The highest BCUT2D eigenvalue weighted by Crippen LogP contribution is 2.06. The SMILES string of the molecule is NC(CCC(=O)O)C(=O)NN1CCCCC1. The van der Waals surface area contributed by atoms with Crippen LogP contribution in [0.3, 0.4) is 0 Å². The molecule has 0 aromatic carbocycles. The molecule has 0 radical (unpaired) electrons. The maximum Gasteiger partial charge on any atom is 0.303 e. The van der Waals surface area contributed by atoms with Gasteiger partial charge in [-0.3, -0.25) is 15.0 Å². The number of carboxylic acid groups (broad SMARTS) is 1. The fourth-order valence-corrected chi connectivity index (χ4v) is 1.65. The van der Waals surface area contributed by atoms with Gasteiger partial charge in [-0.15, -0.1) is 0 Å². The minimum absolute atomic E-state index is 0.0748. The lowest BCUT2D eigenvalue weighted by atomic mass is 10.1. The van der Waals surface area contributed by atoms with Gasteiger partial charge in [0, 0.05) is 19.5 Å². The number of rotatable bonds is 5. The van der Waals surface area contributed by atoms with E-state index in [9.17, 15) is 9.59 Å². The van der Waals surface area contributed by atoms with Crippen molar-refractivity contribution in [3.05, 3.63) is 0 Å². The number of nitrogens with two attached hydrogens (primary N) is 1. The molecule has 1 heterocycles. The van der Waals surface area contributed by atoms with Crippen LogP contribution in [-0.4, -0.2) is 41.1 Å². The summed E-state index contributed by atoms with van der Waals surface area (Å²) in [5, 5.41) is 10.3. The number of piperidine rings is 1. The normalized spacial score (nSPS) is 19.1. The fourth-order valence-electron chi connectivity index (χ4n) is 1.65. The summed E-state index contributed by atoms with van der Waals surface area (Å²) in [6.07, 6.45) is 3.44. The summed E-state index contributed by atoms with van der Waals surface area (Å²) >= 11 is 0. The molecule has 16 heavy (non-hydrogen) atoms. The number of hydrogen-bond acceptors (Lipinski definition) is 4. The summed E-state index contributed by atoms with van der Waals surface area (Å²) in [5.41, 5.74) is 8.30. The molecule has 1 rings (SSSR count). The first-order valence-electron chi connectivity index (χ1n) is 5.62. The maximum absolute atomic E-state index is 11.6. The van der Waals surface area contributed by atoms with Gasteiger partial charge >= 0.3 is 5.97 Å². The number of hydrogen-bond donors (Lipinski definition) is 3. The minimum atomic E-state index is -0.929. The molecule has 1 unspecified atom stereocenters. The zero-order chi connectivity index (χ0) is 12.0. The highest BCUT2D eigenvalue weighted by Gasteiger charge is 2.18. The molecule has 92 valence electrons. The molecule has 0 aromatic heterocycles. The first kappa shape index (κ1) is 12.9. The standard InChI is InChI=1S/C10H19N3O3/c11-8(4-5-9(14)15)10(16)12-13-6-2-1-3-7-13/h8H,1-7,11H2,(H,12,16)(H,14,15). The highest BCUT2D eigenvalue weighted by molar-refractivity contribution is 5.81. The van der Waals surface area contributed by atoms with Crippen molar-refractivity contribution in [2.75, 3.05) is 13.1 Å². The van der Waals surface area contributed by atoms with Crippen LogP contribution in [0.4, 0.5) is 0 Å². The molecule has 1 aliphatic rings. The van der Waals surface area contributed by atoms with Gasteiger partial charge in [-0.1, -0.05) is 6.42 Å². The molecule has 4 N–H and O–H groups in total. The molecule has 1 atom stereocenters. The Labute approximate surface area is 94.8 Å². The van der Waals surface area contributed by atoms with Gasteiger partial charge in [0.25, 0.3) is 5.91 Å². The van der Waals surface area contributed by atoms with Gasteiger partial charge in [-0.25, -0.2) is 5.01 Å². The molecule has 1 amide bonds. The number of amides is 1. The molecule has 0 bridgehead atoms. The topological polar surface area (TPSA) is 95.7 Å². The van der Waals surface area contributed by atoms with Crippen LogP contribution in [0, 0.1) is 0 Å². The zero-order valence-corrected chi connectivity index (χ0v) is 9.32. The van der Waals surface area contributed by atoms with E-state index in [1.165, 1.54) is 6.42 Å². The Kier molecular flexibility index (Phi) is 5.21. The van der Waals surface area contributed by atoms with Gasteiger partial charge < -0.3 is 10.8 Å². The van der Waals surface area contributed by atoms with Gasteiger partial charge in [0.15, 0.2) is 0 Å². The summed E-state index contributed by atoms with van der Waals surface area (Å²) in [6.45, 7) is 1.69. The zero-order valence-electron chi connectivity index (χ0n) is 9.32. The summed E-state index contributed by atoms with van der Waals surface area (Å²) < 4.78 is 0. The van der Waals surface area contributed by atoms with Crippen molar-refractivity contribution in [2.45, 2.75) is 38.1 Å². The van der Waals surface area contributed by atoms with E-state index in [1.807, 2.05) is 5.01 Å². The van der Waals surface area contributed by atoms with Crippen molar-refractivity contribution in [3.8, 4) is 0 Å². The molecule has 1 saturated heterocycles. The Hall–Kier alpha value is -1.14. The number of aliphatic carboxylic acids is 1. The van der Waals surface area contributed by atoms with E-state index in [-0.39, 0.29) is 18.7 Å². The Bertz CT molecular complexity index is 252. The van der Waals surface area contributed by atoms with E-state index in [0.29, 0.717) is 0 Å². The van der Waals surface area contributed by atoms with Crippen LogP contribution in [0.5, 0.6) is 0 Å². The predicted octanol–water partition coefficient (Wildman–Crippen LogP) is -0.304. The third kappa shape index (κ3) is 4.59. The Morgan fingerprint density at radius 1 is 1.31 bits per heavy atom. The van der Waals surface area contributed by atoms with Gasteiger partial charge in [-0.2, -0.15) is 0 Å². The lowest BCUT2D eigenvalue weighted by Gasteiger charge is -2.27. The number of carbonyl (C=O) groups excluding carboxylic acids is 1. The van der Waals surface area contributed by atoms with Gasteiger partial charge in [0.2, 0.25) is 0 Å². The van der Waals surface area contributed by atoms with Crippen molar-refractivity contribution in [1.82, 2.24) is 10.4 Å². The minimum Gasteiger partial charge on any atom is -0.481 e. The number of nitrogens with zero attached hydrogens (tertiary/aromatic N) is 1. The molecular weight excluding hydrogens is 210 g/mol. The van der Waals surface area contributed by atoms with Crippen LogP contribution in [0.25, 0.3) is 0 Å². The Balaban J connectivity index is 2.24. The second-order valence-corrected chi connectivity index (χ2v) is 4.06. The van der Waals surface area contributed by atoms with Crippen molar-refractivity contribution < 1.29 is 14.7 Å². The largest absolute Gasteiger partial charge is 0.481 e. The quantitative estimate of drug-likeness (QED) is 0.601. The predicted molar refractivity (Wildman–Crippen MR) is 58.4 cm³/mol. The molecular formula is C10H19N3O3. The van der Waals surface area contributed by atoms with E-state index >= 15 is 0 Å². The lowest BCUT2D eigenvalue weighted by molar-refractivity contribution is -0.137. The number of hydrazine groups is 1. The van der Waals surface area contributed by atoms with Crippen molar-refractivity contribution in [2.24, 2.45) is 5.73 Å². The van der Waals surface area contributed by atoms with E-state index in [4.69, 9.17) is 10.8 Å². The molecule has 6 heteroatoms. The Morgan fingerprint density at radius 3 is 2.50 bits per heavy atom. The van der Waals surface area contributed by atoms with Gasteiger partial charge in [0.1, 0.15) is 0 Å². The molecule has 0 aromatic rings. The van der Waals surface area contributed by atoms with Crippen molar-refractivity contribution in [1.29, 1.82) is 0 Å². The van der Waals surface area contributed by atoms with Crippen molar-refractivity contribution in [3.63, 3.8) is 0 Å². The summed E-state index contributed by atoms with van der Waals surface area (Å²) in [4.78, 5) is 21.9. The Morgan fingerprint density at radius 2 is 1.94 bits per heavy atom. The van der Waals surface area contributed by atoms with Gasteiger partial charge in [0.05, 0.1) is 6.04 Å². The number of nitrogens with one attached hydrogen (secondary N) is 1. The first-order chi connectivity index (χ1) is 7.59. The smallest absolute Gasteiger partial charge is 0.303 e. The molecule has 0 aliphatic carbocycles. The van der Waals surface area contributed by atoms with Crippen LogP contribution in [0.15, 0.2) is 0 Å². The molecule has 1 fully saturated rings. The van der Waals surface area contributed by atoms with E-state index in [1.54, 1.807) is 0 Å². The third-order valence-corrected chi connectivity index (χ3v) is 2.63. The molecule has 1 aliphatic heterocycles. The monoisotopic (exact) mass is 229 g/mol. The van der Waals surface area contributed by atoms with Crippen LogP contribution in [-0.2, 0) is 9.59 Å². The summed E-state index contributed by atoms with van der Waals surface area (Å²) in [6, 6.07) is -0.738. The molecule has 0 saturated carbocycles. The fraction of sp³-hybridized carbons (Fsp3) is 0.800. The maximum atomic E-state index is 11.6. The second-order valence-electron chi connectivity index (χ2n) is 4.06. The van der Waals surface area contributed by atoms with Crippen LogP contribution < -0.4 is 11.2 Å². The molecule has 0 spiro atoms. The van der Waals surface area contributed by atoms with Crippen LogP contribution >= 0.6 is 0 Å².